The van der Waals surface area contributed by atoms with Crippen molar-refractivity contribution in [3.63, 3.8) is 0 Å². The fourth-order valence-corrected chi connectivity index (χ4v) is 2.98. The normalized spacial score (nSPS) is 33.6. The van der Waals surface area contributed by atoms with Crippen LogP contribution in [0.1, 0.15) is 40.0 Å². The van der Waals surface area contributed by atoms with E-state index in [1.165, 1.54) is 45.4 Å². The topological polar surface area (TPSA) is 6.48 Å². The van der Waals surface area contributed by atoms with Crippen LogP contribution in [0.3, 0.4) is 0 Å². The molecular weight excluding hydrogens is 184 g/mol. The lowest BCUT2D eigenvalue weighted by molar-refractivity contribution is 0.0564. The van der Waals surface area contributed by atoms with Crippen molar-refractivity contribution in [1.82, 2.24) is 9.80 Å². The Morgan fingerprint density at radius 2 is 2.07 bits per heavy atom. The smallest absolute Gasteiger partial charge is 0.0224 e. The van der Waals surface area contributed by atoms with Gasteiger partial charge in [0.15, 0.2) is 0 Å². The average molecular weight is 210 g/mol. The average Bonchev–Trinajstić information content (AvgIpc) is 2.60. The van der Waals surface area contributed by atoms with Crippen molar-refractivity contribution in [2.45, 2.75) is 52.1 Å². The second kappa shape index (κ2) is 4.84. The van der Waals surface area contributed by atoms with E-state index in [9.17, 15) is 0 Å². The van der Waals surface area contributed by atoms with Crippen LogP contribution in [-0.4, -0.2) is 48.1 Å². The molecule has 88 valence electrons. The zero-order chi connectivity index (χ0) is 10.8. The second-order valence-corrected chi connectivity index (χ2v) is 5.82. The van der Waals surface area contributed by atoms with Crippen LogP contribution in [0.5, 0.6) is 0 Å². The minimum Gasteiger partial charge on any atom is -0.298 e. The molecule has 2 aliphatic rings. The molecule has 2 atom stereocenters. The Hall–Kier alpha value is -0.0800. The number of hydrogen-bond acceptors (Lipinski definition) is 2. The molecule has 2 heterocycles. The van der Waals surface area contributed by atoms with E-state index in [1.807, 2.05) is 0 Å². The molecule has 15 heavy (non-hydrogen) atoms. The summed E-state index contributed by atoms with van der Waals surface area (Å²) >= 11 is 0. The molecule has 2 fully saturated rings. The van der Waals surface area contributed by atoms with Gasteiger partial charge in [-0.25, -0.2) is 0 Å². The van der Waals surface area contributed by atoms with Crippen LogP contribution in [0.25, 0.3) is 0 Å². The second-order valence-electron chi connectivity index (χ2n) is 5.82. The molecule has 0 amide bonds. The molecule has 2 nitrogen and oxygen atoms in total. The number of fused-ring (bicyclic) bond motifs is 1. The van der Waals surface area contributed by atoms with Gasteiger partial charge in [0.25, 0.3) is 0 Å². The predicted octanol–water partition coefficient (Wildman–Crippen LogP) is 2.20. The molecule has 0 radical (unpaired) electrons. The highest BCUT2D eigenvalue weighted by Gasteiger charge is 2.33. The van der Waals surface area contributed by atoms with Gasteiger partial charge in [-0.15, -0.1) is 0 Å². The Bertz CT molecular complexity index is 203. The van der Waals surface area contributed by atoms with Crippen LogP contribution in [-0.2, 0) is 0 Å². The Morgan fingerprint density at radius 3 is 2.80 bits per heavy atom. The molecule has 0 aromatic heterocycles. The summed E-state index contributed by atoms with van der Waals surface area (Å²) in [6.45, 7) is 12.4. The largest absolute Gasteiger partial charge is 0.298 e. The van der Waals surface area contributed by atoms with Crippen LogP contribution < -0.4 is 0 Å². The van der Waals surface area contributed by atoms with Crippen molar-refractivity contribution in [1.29, 1.82) is 0 Å². The van der Waals surface area contributed by atoms with Gasteiger partial charge >= 0.3 is 0 Å². The molecule has 0 saturated carbocycles. The minimum absolute atomic E-state index is 0.776. The molecule has 0 aromatic carbocycles. The van der Waals surface area contributed by atoms with Crippen molar-refractivity contribution in [3.8, 4) is 0 Å². The predicted molar refractivity (Wildman–Crippen MR) is 65.1 cm³/mol. The summed E-state index contributed by atoms with van der Waals surface area (Å²) in [6.07, 6.45) is 4.22. The van der Waals surface area contributed by atoms with Gasteiger partial charge in [-0.2, -0.15) is 0 Å². The Kier molecular flexibility index (Phi) is 3.68. The van der Waals surface area contributed by atoms with E-state index < -0.39 is 0 Å². The van der Waals surface area contributed by atoms with E-state index in [-0.39, 0.29) is 0 Å². The van der Waals surface area contributed by atoms with E-state index in [4.69, 9.17) is 0 Å². The number of hydrogen-bond donors (Lipinski definition) is 0. The fraction of sp³-hybridized carbons (Fsp3) is 1.00. The van der Waals surface area contributed by atoms with Gasteiger partial charge in [0.1, 0.15) is 0 Å². The lowest BCUT2D eigenvalue weighted by Crippen LogP contribution is -2.55. The van der Waals surface area contributed by atoms with Gasteiger partial charge in [0, 0.05) is 25.2 Å². The standard InChI is InChI=1S/C13H26N2/c1-11(2)6-8-14-10-13-5-4-7-15(13)9-12(14)3/h11-13H,4-10H2,1-3H3. The lowest BCUT2D eigenvalue weighted by atomic mass is 10.1. The van der Waals surface area contributed by atoms with E-state index in [1.54, 1.807) is 0 Å². The number of piperazine rings is 1. The maximum Gasteiger partial charge on any atom is 0.0224 e. The van der Waals surface area contributed by atoms with Gasteiger partial charge in [-0.05, 0) is 45.2 Å². The van der Waals surface area contributed by atoms with Gasteiger partial charge in [-0.3, -0.25) is 9.80 Å². The van der Waals surface area contributed by atoms with Crippen LogP contribution >= 0.6 is 0 Å². The van der Waals surface area contributed by atoms with E-state index in [0.717, 1.165) is 18.0 Å². The van der Waals surface area contributed by atoms with Crippen molar-refractivity contribution in [2.75, 3.05) is 26.2 Å². The SMILES string of the molecule is CC(C)CCN1CC2CCCN2CC1C. The Balaban J connectivity index is 1.84. The van der Waals surface area contributed by atoms with E-state index in [2.05, 4.69) is 30.6 Å². The summed E-state index contributed by atoms with van der Waals surface area (Å²) in [5.74, 6) is 0.846. The third-order valence-corrected chi connectivity index (χ3v) is 4.06. The first-order valence-corrected chi connectivity index (χ1v) is 6.65. The Morgan fingerprint density at radius 1 is 1.27 bits per heavy atom. The first-order chi connectivity index (χ1) is 7.16. The summed E-state index contributed by atoms with van der Waals surface area (Å²) in [7, 11) is 0. The molecule has 0 spiro atoms. The van der Waals surface area contributed by atoms with E-state index in [0.29, 0.717) is 0 Å². The van der Waals surface area contributed by atoms with Crippen LogP contribution in [0.4, 0.5) is 0 Å². The zero-order valence-corrected chi connectivity index (χ0v) is 10.6. The quantitative estimate of drug-likeness (QED) is 0.704. The van der Waals surface area contributed by atoms with Gasteiger partial charge in [0.05, 0.1) is 0 Å². The van der Waals surface area contributed by atoms with Crippen LogP contribution in [0, 0.1) is 5.92 Å². The molecule has 2 aliphatic heterocycles. The van der Waals surface area contributed by atoms with Gasteiger partial charge in [-0.1, -0.05) is 13.8 Å². The maximum atomic E-state index is 2.71. The molecule has 0 N–H and O–H groups in total. The molecule has 0 aliphatic carbocycles. The first-order valence-electron chi connectivity index (χ1n) is 6.65. The highest BCUT2D eigenvalue weighted by Crippen LogP contribution is 2.24. The minimum atomic E-state index is 0.776. The third-order valence-electron chi connectivity index (χ3n) is 4.06. The highest BCUT2D eigenvalue weighted by atomic mass is 15.3. The van der Waals surface area contributed by atoms with Gasteiger partial charge < -0.3 is 0 Å². The van der Waals surface area contributed by atoms with Crippen LogP contribution in [0.2, 0.25) is 0 Å². The summed E-state index contributed by atoms with van der Waals surface area (Å²) < 4.78 is 0. The highest BCUT2D eigenvalue weighted by molar-refractivity contribution is 4.90. The van der Waals surface area contributed by atoms with Gasteiger partial charge in [0.2, 0.25) is 0 Å². The summed E-state index contributed by atoms with van der Waals surface area (Å²) in [5, 5.41) is 0. The lowest BCUT2D eigenvalue weighted by Gasteiger charge is -2.42. The third kappa shape index (κ3) is 2.73. The summed E-state index contributed by atoms with van der Waals surface area (Å²) in [4.78, 5) is 5.42. The summed E-state index contributed by atoms with van der Waals surface area (Å²) in [6, 6.07) is 1.66. The summed E-state index contributed by atoms with van der Waals surface area (Å²) in [5.41, 5.74) is 0. The molecule has 2 unspecified atom stereocenters. The number of rotatable bonds is 3. The molecule has 2 rings (SSSR count). The zero-order valence-electron chi connectivity index (χ0n) is 10.6. The van der Waals surface area contributed by atoms with E-state index >= 15 is 0 Å². The monoisotopic (exact) mass is 210 g/mol. The fourth-order valence-electron chi connectivity index (χ4n) is 2.98. The van der Waals surface area contributed by atoms with Crippen molar-refractivity contribution >= 4 is 0 Å². The van der Waals surface area contributed by atoms with Crippen molar-refractivity contribution < 1.29 is 0 Å². The molecule has 0 aromatic rings. The molecule has 2 saturated heterocycles. The maximum absolute atomic E-state index is 2.71. The number of nitrogens with zero attached hydrogens (tertiary/aromatic N) is 2. The van der Waals surface area contributed by atoms with Crippen LogP contribution in [0.15, 0.2) is 0 Å². The van der Waals surface area contributed by atoms with Crippen molar-refractivity contribution in [2.24, 2.45) is 5.92 Å². The molecule has 2 heteroatoms. The Labute approximate surface area is 94.6 Å². The first kappa shape index (κ1) is 11.4. The molecular formula is C13H26N2. The molecule has 0 bridgehead atoms. The van der Waals surface area contributed by atoms with Crippen molar-refractivity contribution in [3.05, 3.63) is 0 Å².